The lowest BCUT2D eigenvalue weighted by molar-refractivity contribution is -0.138. The summed E-state index contributed by atoms with van der Waals surface area (Å²) in [6.45, 7) is 0.561. The molecule has 4 aliphatic rings. The summed E-state index contributed by atoms with van der Waals surface area (Å²) < 4.78 is 0. The highest BCUT2D eigenvalue weighted by Crippen LogP contribution is 2.33. The van der Waals surface area contributed by atoms with E-state index in [1.54, 1.807) is 0 Å². The number of carbonyl (C=O) groups excluding carboxylic acids is 2. The van der Waals surface area contributed by atoms with Gasteiger partial charge < -0.3 is 36.8 Å². The second-order valence-electron chi connectivity index (χ2n) is 12.6. The van der Waals surface area contributed by atoms with Crippen molar-refractivity contribution >= 4 is 76.0 Å². The number of nitrogens with zero attached hydrogens (tertiary/aromatic N) is 2. The molecule has 3 aromatic rings. The summed E-state index contributed by atoms with van der Waals surface area (Å²) in [6, 6.07) is 16.0. The Morgan fingerprint density at radius 3 is 1.92 bits per heavy atom. The Morgan fingerprint density at radius 2 is 1.39 bits per heavy atom. The zero-order chi connectivity index (χ0) is 34.2. The van der Waals surface area contributed by atoms with Crippen molar-refractivity contribution in [2.24, 2.45) is 5.73 Å². The number of carboxylic acid groups (broad SMARTS) is 1. The van der Waals surface area contributed by atoms with Crippen molar-refractivity contribution < 1.29 is 19.5 Å². The van der Waals surface area contributed by atoms with E-state index in [9.17, 15) is 14.4 Å². The van der Waals surface area contributed by atoms with Crippen molar-refractivity contribution in [3.8, 4) is 0 Å². The second-order valence-corrected chi connectivity index (χ2v) is 13.8. The molecule has 256 valence electrons. The van der Waals surface area contributed by atoms with Gasteiger partial charge >= 0.3 is 12.0 Å². The summed E-state index contributed by atoms with van der Waals surface area (Å²) in [5.41, 5.74) is 13.3. The maximum Gasteiger partial charge on any atom is 0.320 e. The molecule has 4 aliphatic heterocycles. The molecule has 2 fully saturated rings. The Kier molecular flexibility index (Phi) is 11.1. The summed E-state index contributed by atoms with van der Waals surface area (Å²) >= 11 is 1.89. The number of amides is 3. The topological polar surface area (TPSA) is 191 Å². The number of urea groups is 1. The molecule has 4 unspecified atom stereocenters. The van der Waals surface area contributed by atoms with Crippen LogP contribution in [-0.4, -0.2) is 78.6 Å². The van der Waals surface area contributed by atoms with Gasteiger partial charge in [0.2, 0.25) is 5.91 Å². The quantitative estimate of drug-likeness (QED) is 0.0742. The highest BCUT2D eigenvalue weighted by molar-refractivity contribution is 8.00. The maximum atomic E-state index is 11.8. The SMILES string of the molecule is C1=Cc2cc3ccc(cc4nc(cc5ccc(cc1n2)[nH]5)C=C4)[nH]3.NC(CCCCNC(=O)CCCCC1SCC2NC(=O)NC21)C(=O)O. The van der Waals surface area contributed by atoms with Gasteiger partial charge in [-0.3, -0.25) is 9.59 Å². The van der Waals surface area contributed by atoms with Crippen LogP contribution >= 0.6 is 11.8 Å². The first-order valence-electron chi connectivity index (χ1n) is 16.8. The zero-order valence-corrected chi connectivity index (χ0v) is 28.0. The number of aromatic nitrogens is 4. The number of hydrogen-bond acceptors (Lipinski definition) is 7. The Balaban J connectivity index is 0.000000170. The first-order chi connectivity index (χ1) is 23.8. The lowest BCUT2D eigenvalue weighted by atomic mass is 10.0. The standard InChI is InChI=1S/C20H14N4.C16H28N4O4S/c1-2-14-10-16-5-6-18(23-16)12-20-8-7-19(24-20)11-17-4-3-15(22-17)9-13(1)21-14;17-10(15(22)23)5-3-4-8-18-13(21)7-2-1-6-12-14-11(9-25-12)19-16(24)20-14/h1-12,21,24H;10-12,14H,1-9,17H2,(H,18,21)(H,22,23)(H2,19,20,24). The molecular formula is C36H42N8O4S. The molecule has 8 bridgehead atoms. The molecule has 12 nitrogen and oxygen atoms in total. The van der Waals surface area contributed by atoms with Crippen LogP contribution in [0.3, 0.4) is 0 Å². The van der Waals surface area contributed by atoms with Crippen molar-refractivity contribution in [3.63, 3.8) is 0 Å². The minimum atomic E-state index is -0.983. The molecule has 3 amide bonds. The molecule has 49 heavy (non-hydrogen) atoms. The second kappa shape index (κ2) is 16.0. The third-order valence-corrected chi connectivity index (χ3v) is 10.2. The van der Waals surface area contributed by atoms with Gasteiger partial charge in [-0.15, -0.1) is 0 Å². The lowest BCUT2D eigenvalue weighted by Gasteiger charge is -2.16. The predicted molar refractivity (Wildman–Crippen MR) is 195 cm³/mol. The number of unbranched alkanes of at least 4 members (excludes halogenated alkanes) is 2. The molecule has 7 rings (SSSR count). The number of H-pyrrole nitrogens is 2. The van der Waals surface area contributed by atoms with Crippen LogP contribution in [0.15, 0.2) is 48.5 Å². The van der Waals surface area contributed by atoms with Gasteiger partial charge in [0.15, 0.2) is 0 Å². The zero-order valence-electron chi connectivity index (χ0n) is 27.2. The molecule has 3 aromatic heterocycles. The predicted octanol–water partition coefficient (Wildman–Crippen LogP) is 5.07. The van der Waals surface area contributed by atoms with Crippen molar-refractivity contribution in [1.82, 2.24) is 35.9 Å². The summed E-state index contributed by atoms with van der Waals surface area (Å²) in [6.07, 6.45) is 13.3. The van der Waals surface area contributed by atoms with Gasteiger partial charge in [0.05, 0.1) is 34.9 Å². The van der Waals surface area contributed by atoms with Crippen molar-refractivity contribution in [1.29, 1.82) is 0 Å². The van der Waals surface area contributed by atoms with Gasteiger partial charge in [-0.1, -0.05) is 6.42 Å². The summed E-state index contributed by atoms with van der Waals surface area (Å²) in [5, 5.41) is 17.9. The van der Waals surface area contributed by atoms with Crippen LogP contribution in [0.25, 0.3) is 46.4 Å². The number of hydrogen-bond donors (Lipinski definition) is 7. The number of carbonyl (C=O) groups is 3. The van der Waals surface area contributed by atoms with Crippen molar-refractivity contribution in [2.45, 2.75) is 68.3 Å². The van der Waals surface area contributed by atoms with E-state index in [4.69, 9.17) is 10.8 Å². The normalized spacial score (nSPS) is 19.4. The first-order valence-corrected chi connectivity index (χ1v) is 17.8. The van der Waals surface area contributed by atoms with Crippen LogP contribution in [-0.2, 0) is 9.59 Å². The fourth-order valence-corrected chi connectivity index (χ4v) is 7.69. The van der Waals surface area contributed by atoms with Gasteiger partial charge in [-0.25, -0.2) is 14.8 Å². The van der Waals surface area contributed by atoms with E-state index in [0.717, 1.165) is 76.3 Å². The Bertz CT molecular complexity index is 1730. The third-order valence-electron chi connectivity index (χ3n) is 8.70. The Labute approximate surface area is 288 Å². The average Bonchev–Trinajstić information content (AvgIpc) is 3.92. The number of aliphatic carboxylic acids is 1. The van der Waals surface area contributed by atoms with Crippen LogP contribution in [0.1, 0.15) is 67.7 Å². The van der Waals surface area contributed by atoms with Gasteiger partial charge in [0, 0.05) is 46.0 Å². The molecule has 0 aliphatic carbocycles. The molecule has 13 heteroatoms. The van der Waals surface area contributed by atoms with E-state index in [0.29, 0.717) is 31.1 Å². The van der Waals surface area contributed by atoms with E-state index in [1.165, 1.54) is 0 Å². The highest BCUT2D eigenvalue weighted by Gasteiger charge is 2.42. The number of aromatic amines is 2. The monoisotopic (exact) mass is 682 g/mol. The number of nitrogens with two attached hydrogens (primary N) is 1. The summed E-state index contributed by atoms with van der Waals surface area (Å²) in [7, 11) is 0. The molecular weight excluding hydrogens is 641 g/mol. The number of thioether (sulfide) groups is 1. The summed E-state index contributed by atoms with van der Waals surface area (Å²) in [4.78, 5) is 49.7. The lowest BCUT2D eigenvalue weighted by Crippen LogP contribution is -2.36. The molecule has 7 heterocycles. The minimum Gasteiger partial charge on any atom is -0.480 e. The Hall–Kier alpha value is -4.88. The minimum absolute atomic E-state index is 0.0373. The molecule has 8 N–H and O–H groups in total. The van der Waals surface area contributed by atoms with Crippen molar-refractivity contribution in [3.05, 3.63) is 71.3 Å². The fraction of sp³-hybridized carbons (Fsp3) is 0.361. The first kappa shape index (κ1) is 34.0. The smallest absolute Gasteiger partial charge is 0.320 e. The van der Waals surface area contributed by atoms with Crippen LogP contribution in [0.5, 0.6) is 0 Å². The average molecular weight is 683 g/mol. The molecule has 0 aromatic carbocycles. The number of nitrogens with one attached hydrogen (secondary N) is 5. The summed E-state index contributed by atoms with van der Waals surface area (Å²) in [5.74, 6) is 0.0131. The van der Waals surface area contributed by atoms with E-state index in [1.807, 2.05) is 60.3 Å². The van der Waals surface area contributed by atoms with Gasteiger partial charge in [0.1, 0.15) is 6.04 Å². The molecule has 4 atom stereocenters. The van der Waals surface area contributed by atoms with Crippen LogP contribution < -0.4 is 21.7 Å². The van der Waals surface area contributed by atoms with Crippen LogP contribution in [0, 0.1) is 0 Å². The van der Waals surface area contributed by atoms with E-state index >= 15 is 0 Å². The number of fused-ring (bicyclic) bond motifs is 9. The number of rotatable bonds is 11. The highest BCUT2D eigenvalue weighted by atomic mass is 32.2. The Morgan fingerprint density at radius 1 is 0.837 bits per heavy atom. The molecule has 0 radical (unpaired) electrons. The maximum absolute atomic E-state index is 11.8. The molecule has 2 saturated heterocycles. The molecule has 0 saturated carbocycles. The van der Waals surface area contributed by atoms with Crippen molar-refractivity contribution in [2.75, 3.05) is 12.3 Å². The largest absolute Gasteiger partial charge is 0.480 e. The van der Waals surface area contributed by atoms with E-state index < -0.39 is 12.0 Å². The van der Waals surface area contributed by atoms with E-state index in [-0.39, 0.29) is 24.0 Å². The van der Waals surface area contributed by atoms with E-state index in [2.05, 4.69) is 60.2 Å². The van der Waals surface area contributed by atoms with Crippen LogP contribution in [0.4, 0.5) is 4.79 Å². The van der Waals surface area contributed by atoms with Crippen LogP contribution in [0.2, 0.25) is 0 Å². The van der Waals surface area contributed by atoms with Gasteiger partial charge in [-0.2, -0.15) is 11.8 Å². The number of carboxylic acids is 1. The molecule has 0 spiro atoms. The van der Waals surface area contributed by atoms with Gasteiger partial charge in [-0.05, 0) is 105 Å². The van der Waals surface area contributed by atoms with Gasteiger partial charge in [0.25, 0.3) is 0 Å². The fourth-order valence-electron chi connectivity index (χ4n) is 6.15. The third kappa shape index (κ3) is 9.61.